The second-order valence-electron chi connectivity index (χ2n) is 20.8. The van der Waals surface area contributed by atoms with E-state index in [2.05, 4.69) is 0 Å². The van der Waals surface area contributed by atoms with Gasteiger partial charge in [0.1, 0.15) is 5.78 Å². The van der Waals surface area contributed by atoms with Crippen LogP contribution in [0.1, 0.15) is 128 Å². The molecule has 0 aromatic rings. The first-order valence-corrected chi connectivity index (χ1v) is 20.3. The predicted molar refractivity (Wildman–Crippen MR) is 189 cm³/mol. The number of hydrogen-bond acceptors (Lipinski definition) is 8. The zero-order valence-corrected chi connectivity index (χ0v) is 32.1. The number of nitrogens with two attached hydrogens (primary N) is 3. The minimum absolute atomic E-state index is 0. The molecule has 16 fully saturated rings. The molecule has 16 aliphatic rings. The minimum atomic E-state index is -0.440. The van der Waals surface area contributed by atoms with Gasteiger partial charge in [0.2, 0.25) is 0 Å². The van der Waals surface area contributed by atoms with Crippen LogP contribution in [0.15, 0.2) is 0 Å². The Hall–Kier alpha value is 0.0523. The Morgan fingerprint density at radius 1 is 0.400 bits per heavy atom. The molecule has 0 saturated heterocycles. The van der Waals surface area contributed by atoms with Gasteiger partial charge in [-0.1, -0.05) is 0 Å². The number of ketones is 1. The largest absolute Gasteiger partial charge is 0.390 e. The Kier molecular flexibility index (Phi) is 10.2. The molecule has 16 saturated carbocycles. The molecular weight excluding hydrogens is 721 g/mol. The summed E-state index contributed by atoms with van der Waals surface area (Å²) in [5, 5.41) is 40.6. The van der Waals surface area contributed by atoms with Gasteiger partial charge in [0, 0.05) is 50.4 Å². The summed E-state index contributed by atoms with van der Waals surface area (Å²) in [4.78, 5) is 11.6. The van der Waals surface area contributed by atoms with Gasteiger partial charge in [-0.15, -0.1) is 0 Å². The summed E-state index contributed by atoms with van der Waals surface area (Å²) in [6.45, 7) is 0. The molecule has 288 valence electrons. The van der Waals surface area contributed by atoms with Crippen LogP contribution in [-0.2, 0) is 25.2 Å². The fraction of sp³-hybridized carbons (Fsp3) is 0.951. The van der Waals surface area contributed by atoms with Crippen LogP contribution in [0.4, 0.5) is 0 Å². The average Bonchev–Trinajstić information content (AvgIpc) is 2.97. The van der Waals surface area contributed by atoms with Crippen LogP contribution in [0, 0.1) is 78.4 Å². The number of hydrogen-bond donors (Lipinski definition) is 7. The van der Waals surface area contributed by atoms with E-state index in [0.717, 1.165) is 108 Å². The molecule has 16 aliphatic carbocycles. The molecule has 8 atom stereocenters. The number of carbonyl (C=O) groups excluding carboxylic acids is 1. The molecule has 0 aliphatic heterocycles. The second-order valence-corrected chi connectivity index (χ2v) is 20.8. The van der Waals surface area contributed by atoms with E-state index >= 15 is 0 Å². The molecule has 0 radical (unpaired) electrons. The van der Waals surface area contributed by atoms with Crippen molar-refractivity contribution in [2.45, 2.75) is 169 Å². The van der Waals surface area contributed by atoms with Gasteiger partial charge in [-0.2, -0.15) is 0 Å². The smallest absolute Gasteiger partial charge is 0.139 e. The number of aliphatic hydroxyl groups is 4. The van der Waals surface area contributed by atoms with Crippen molar-refractivity contribution in [1.29, 1.82) is 0 Å². The molecule has 8 nitrogen and oxygen atoms in total. The molecule has 50 heavy (non-hydrogen) atoms. The summed E-state index contributed by atoms with van der Waals surface area (Å²) >= 11 is 0. The summed E-state index contributed by atoms with van der Waals surface area (Å²) in [5.74, 6) is 7.79. The molecule has 10 N–H and O–H groups in total. The van der Waals surface area contributed by atoms with Gasteiger partial charge in [-0.05, 0) is 188 Å². The number of carbonyl (C=O) groups is 1. The monoisotopic (exact) mass is 788 g/mol. The van der Waals surface area contributed by atoms with Crippen LogP contribution < -0.4 is 17.2 Å². The SMILES string of the molecule is NC1C2CC3CC1CC(O)(C3)C2.NC1C2CC3CC1CC(O)(C3)C2.NC1C2CC3CC1CC(O)(C3)C2.O=C1C2CC3CC1CC(O)(C3)C2.[CH3-].[Pd]. The van der Waals surface area contributed by atoms with Crippen molar-refractivity contribution >= 4 is 5.78 Å². The van der Waals surface area contributed by atoms with E-state index in [1.54, 1.807) is 0 Å². The average molecular weight is 789 g/mol. The zero-order valence-electron chi connectivity index (χ0n) is 30.5. The Morgan fingerprint density at radius 2 is 0.620 bits per heavy atom. The fourth-order valence-corrected chi connectivity index (χ4v) is 15.8. The van der Waals surface area contributed by atoms with Gasteiger partial charge in [0.05, 0.1) is 22.4 Å². The molecule has 0 spiro atoms. The van der Waals surface area contributed by atoms with Gasteiger partial charge >= 0.3 is 0 Å². The molecule has 8 unspecified atom stereocenters. The van der Waals surface area contributed by atoms with Crippen LogP contribution in [0.25, 0.3) is 0 Å². The normalized spacial score (nSPS) is 58.5. The third kappa shape index (κ3) is 6.91. The Morgan fingerprint density at radius 3 is 0.840 bits per heavy atom. The third-order valence-corrected chi connectivity index (χ3v) is 16.9. The van der Waals surface area contributed by atoms with Gasteiger partial charge < -0.3 is 45.1 Å². The van der Waals surface area contributed by atoms with Crippen molar-refractivity contribution in [3.63, 3.8) is 0 Å². The van der Waals surface area contributed by atoms with Crippen LogP contribution in [-0.4, -0.2) is 66.7 Å². The zero-order chi connectivity index (χ0) is 33.4. The van der Waals surface area contributed by atoms with E-state index in [1.165, 1.54) is 38.5 Å². The second kappa shape index (κ2) is 13.4. The molecule has 16 bridgehead atoms. The van der Waals surface area contributed by atoms with E-state index in [-0.39, 0.29) is 56.5 Å². The molecule has 0 amide bonds. The number of Topliss-reactive ketones (excluding diaryl/α,β-unsaturated/α-hetero) is 1. The maximum Gasteiger partial charge on any atom is 0.139 e. The van der Waals surface area contributed by atoms with Gasteiger partial charge in [-0.3, -0.25) is 4.79 Å². The van der Waals surface area contributed by atoms with Crippen molar-refractivity contribution < 1.29 is 45.6 Å². The predicted octanol–water partition coefficient (Wildman–Crippen LogP) is 4.23. The maximum atomic E-state index is 11.6. The van der Waals surface area contributed by atoms with Crippen molar-refractivity contribution in [3.8, 4) is 0 Å². The standard InChI is InChI=1S/3C10H17NO.C10H14O2.CH3.Pd/c4*11-9-7-1-6-2-8(9)5-10(12,3-6)4-7;;/h3*6-9,12H,1-5,11H2;6-8,12H,1-5H2;1H3;/q;;;;-1;. The van der Waals surface area contributed by atoms with E-state index in [9.17, 15) is 25.2 Å². The topological polar surface area (TPSA) is 176 Å². The molecule has 0 heterocycles. The van der Waals surface area contributed by atoms with Crippen LogP contribution >= 0.6 is 0 Å². The first kappa shape index (κ1) is 38.3. The van der Waals surface area contributed by atoms with E-state index in [4.69, 9.17) is 17.2 Å². The molecule has 0 aromatic carbocycles. The Bertz CT molecular complexity index is 1110. The Labute approximate surface area is 314 Å². The summed E-state index contributed by atoms with van der Waals surface area (Å²) < 4.78 is 0. The first-order valence-electron chi connectivity index (χ1n) is 20.3. The Balaban J connectivity index is 0.000000103. The third-order valence-electron chi connectivity index (χ3n) is 16.9. The summed E-state index contributed by atoms with van der Waals surface area (Å²) in [7, 11) is 0. The van der Waals surface area contributed by atoms with E-state index in [1.807, 2.05) is 0 Å². The minimum Gasteiger partial charge on any atom is -0.390 e. The number of rotatable bonds is 0. The summed E-state index contributed by atoms with van der Waals surface area (Å²) in [5.41, 5.74) is 17.0. The van der Waals surface area contributed by atoms with Gasteiger partial charge in [-0.25, -0.2) is 0 Å². The van der Waals surface area contributed by atoms with E-state index in [0.29, 0.717) is 65.3 Å². The molecular formula is C41H68N3O5Pd-. The van der Waals surface area contributed by atoms with E-state index < -0.39 is 5.60 Å². The van der Waals surface area contributed by atoms with Crippen molar-refractivity contribution in [2.75, 3.05) is 0 Å². The summed E-state index contributed by atoms with van der Waals surface area (Å²) in [6.07, 6.45) is 21.5. The van der Waals surface area contributed by atoms with Crippen molar-refractivity contribution in [1.82, 2.24) is 0 Å². The molecule has 0 aromatic heterocycles. The fourth-order valence-electron chi connectivity index (χ4n) is 15.8. The van der Waals surface area contributed by atoms with Crippen LogP contribution in [0.5, 0.6) is 0 Å². The van der Waals surface area contributed by atoms with Crippen LogP contribution in [0.2, 0.25) is 0 Å². The first-order chi connectivity index (χ1) is 22.6. The maximum absolute atomic E-state index is 11.6. The molecule has 16 rings (SSSR count). The van der Waals surface area contributed by atoms with Crippen LogP contribution in [0.3, 0.4) is 0 Å². The van der Waals surface area contributed by atoms with Crippen molar-refractivity contribution in [2.24, 2.45) is 88.2 Å². The van der Waals surface area contributed by atoms with Gasteiger partial charge in [0.15, 0.2) is 0 Å². The van der Waals surface area contributed by atoms with Crippen molar-refractivity contribution in [3.05, 3.63) is 7.43 Å². The van der Waals surface area contributed by atoms with Gasteiger partial charge in [0.25, 0.3) is 0 Å². The molecule has 9 heteroatoms. The summed E-state index contributed by atoms with van der Waals surface area (Å²) in [6, 6.07) is 1.21. The quantitative estimate of drug-likeness (QED) is 0.141.